The summed E-state index contributed by atoms with van der Waals surface area (Å²) in [4.78, 5) is 24.0. The Balaban J connectivity index is 1.54. The number of carbonyl (C=O) groups excluding carboxylic acids is 1. The van der Waals surface area contributed by atoms with E-state index in [1.165, 1.54) is 16.7 Å². The van der Waals surface area contributed by atoms with E-state index < -0.39 is 0 Å². The summed E-state index contributed by atoms with van der Waals surface area (Å²) in [6, 6.07) is 30.4. The van der Waals surface area contributed by atoms with E-state index in [0.717, 1.165) is 69.7 Å². The van der Waals surface area contributed by atoms with Gasteiger partial charge in [-0.1, -0.05) is 112 Å². The Morgan fingerprint density at radius 1 is 0.551 bits per heavy atom. The van der Waals surface area contributed by atoms with Crippen LogP contribution in [0, 0.1) is 0 Å². The lowest BCUT2D eigenvalue weighted by Gasteiger charge is -2.26. The van der Waals surface area contributed by atoms with Crippen molar-refractivity contribution in [1.82, 2.24) is 9.97 Å². The van der Waals surface area contributed by atoms with Crippen LogP contribution in [-0.4, -0.2) is 22.9 Å². The maximum Gasteiger partial charge on any atom is 0.214 e. The zero-order valence-corrected chi connectivity index (χ0v) is 31.2. The maximum absolute atomic E-state index is 12.3. The minimum atomic E-state index is 0.0263. The molecule has 0 aliphatic rings. The molecular weight excluding hydrogens is 599 g/mol. The Labute approximate surface area is 294 Å². The molecule has 5 rings (SSSR count). The third-order valence-electron chi connectivity index (χ3n) is 9.31. The first kappa shape index (κ1) is 35.7. The van der Waals surface area contributed by atoms with Crippen molar-refractivity contribution in [3.05, 3.63) is 114 Å². The number of hydrogen-bond donors (Lipinski definition) is 0. The molecule has 4 nitrogen and oxygen atoms in total. The Morgan fingerprint density at radius 3 is 1.51 bits per heavy atom. The summed E-state index contributed by atoms with van der Waals surface area (Å²) >= 11 is 0. The van der Waals surface area contributed by atoms with Crippen molar-refractivity contribution in [3.63, 3.8) is 0 Å². The molecular formula is C45H53N3O. The van der Waals surface area contributed by atoms with E-state index in [0.29, 0.717) is 6.54 Å². The molecule has 4 heteroatoms. The normalized spacial score (nSPS) is 12.2. The molecule has 0 bridgehead atoms. The second-order valence-corrected chi connectivity index (χ2v) is 16.4. The van der Waals surface area contributed by atoms with Gasteiger partial charge in [0.05, 0.1) is 11.4 Å². The predicted molar refractivity (Wildman–Crippen MR) is 208 cm³/mol. The van der Waals surface area contributed by atoms with Gasteiger partial charge in [0.15, 0.2) is 0 Å². The summed E-state index contributed by atoms with van der Waals surface area (Å²) < 4.78 is 0. The highest BCUT2D eigenvalue weighted by Gasteiger charge is 2.21. The molecule has 0 aliphatic carbocycles. The Kier molecular flexibility index (Phi) is 10.3. The molecule has 2 aromatic heterocycles. The van der Waals surface area contributed by atoms with Crippen molar-refractivity contribution in [2.24, 2.45) is 0 Å². The lowest BCUT2D eigenvalue weighted by Crippen LogP contribution is -2.22. The number of benzene rings is 3. The first-order valence-electron chi connectivity index (χ1n) is 17.6. The average molecular weight is 652 g/mol. The minimum absolute atomic E-state index is 0.0263. The van der Waals surface area contributed by atoms with E-state index >= 15 is 0 Å². The van der Waals surface area contributed by atoms with Gasteiger partial charge in [-0.25, -0.2) is 0 Å². The van der Waals surface area contributed by atoms with Gasteiger partial charge in [0.1, 0.15) is 0 Å². The quantitative estimate of drug-likeness (QED) is 0.149. The van der Waals surface area contributed by atoms with Crippen LogP contribution >= 0.6 is 0 Å². The Hall–Kier alpha value is -4.57. The van der Waals surface area contributed by atoms with E-state index in [9.17, 15) is 4.79 Å². The number of aromatic nitrogens is 2. The molecule has 49 heavy (non-hydrogen) atoms. The van der Waals surface area contributed by atoms with Crippen LogP contribution in [0.2, 0.25) is 0 Å². The van der Waals surface area contributed by atoms with E-state index in [1.54, 1.807) is 0 Å². The molecule has 0 spiro atoms. The number of unbranched alkanes of at least 4 members (excludes halogenated alkanes) is 1. The van der Waals surface area contributed by atoms with Crippen LogP contribution in [0.15, 0.2) is 97.3 Å². The number of nitrogens with zero attached hydrogens (tertiary/aromatic N) is 3. The van der Waals surface area contributed by atoms with Gasteiger partial charge < -0.3 is 4.90 Å². The smallest absolute Gasteiger partial charge is 0.214 e. The largest absolute Gasteiger partial charge is 0.315 e. The average Bonchev–Trinajstić information content (AvgIpc) is 3.07. The second-order valence-electron chi connectivity index (χ2n) is 16.4. The fraction of sp³-hybridized carbons (Fsp3) is 0.356. The molecule has 0 unspecified atom stereocenters. The number of pyridine rings is 2. The molecule has 3 aromatic carbocycles. The number of amides is 1. The predicted octanol–water partition coefficient (Wildman–Crippen LogP) is 11.8. The molecule has 0 aliphatic heterocycles. The van der Waals surface area contributed by atoms with Crippen LogP contribution in [0.25, 0.3) is 44.8 Å². The molecule has 0 N–H and O–H groups in total. The molecule has 5 aromatic rings. The highest BCUT2D eigenvalue weighted by molar-refractivity contribution is 5.84. The molecule has 0 saturated heterocycles. The van der Waals surface area contributed by atoms with Crippen molar-refractivity contribution >= 4 is 12.1 Å². The highest BCUT2D eigenvalue weighted by atomic mass is 16.1. The van der Waals surface area contributed by atoms with Gasteiger partial charge in [0.2, 0.25) is 6.41 Å². The summed E-state index contributed by atoms with van der Waals surface area (Å²) in [5, 5.41) is 0. The van der Waals surface area contributed by atoms with Gasteiger partial charge in [-0.05, 0) is 99.0 Å². The van der Waals surface area contributed by atoms with Crippen molar-refractivity contribution < 1.29 is 4.79 Å². The van der Waals surface area contributed by atoms with Crippen molar-refractivity contribution in [3.8, 4) is 44.8 Å². The molecule has 0 radical (unpaired) electrons. The van der Waals surface area contributed by atoms with E-state index in [2.05, 4.69) is 154 Å². The molecule has 0 fully saturated rings. The van der Waals surface area contributed by atoms with Crippen LogP contribution < -0.4 is 4.90 Å². The van der Waals surface area contributed by atoms with E-state index in [-0.39, 0.29) is 16.2 Å². The summed E-state index contributed by atoms with van der Waals surface area (Å²) in [5.74, 6) is 0. The molecule has 1 amide bonds. The summed E-state index contributed by atoms with van der Waals surface area (Å²) in [6.07, 6.45) is 6.79. The second kappa shape index (κ2) is 14.1. The summed E-state index contributed by atoms with van der Waals surface area (Å²) in [6.45, 7) is 23.1. The third kappa shape index (κ3) is 8.54. The summed E-state index contributed by atoms with van der Waals surface area (Å²) in [7, 11) is 0. The number of rotatable bonds is 9. The standard InChI is InChI=1S/C45H53N3O/c1-11-12-20-48(30-49)40-25-34(32-16-18-41(46-28-32)31-14-13-15-37(22-31)43(2,3)4)21-35(26-40)33-17-19-42(47-29-33)36-23-38(44(5,6)7)27-39(24-36)45(8,9)10/h13-19,21-30H,11-12,20H2,1-10H3. The molecule has 0 saturated carbocycles. The van der Waals surface area contributed by atoms with Gasteiger partial charge in [-0.15, -0.1) is 0 Å². The van der Waals surface area contributed by atoms with Crippen molar-refractivity contribution in [2.75, 3.05) is 11.4 Å². The van der Waals surface area contributed by atoms with Crippen LogP contribution in [0.5, 0.6) is 0 Å². The fourth-order valence-electron chi connectivity index (χ4n) is 5.94. The van der Waals surface area contributed by atoms with Gasteiger partial charge in [0, 0.05) is 46.9 Å². The Bertz CT molecular complexity index is 1870. The lowest BCUT2D eigenvalue weighted by atomic mass is 9.79. The summed E-state index contributed by atoms with van der Waals surface area (Å²) in [5.41, 5.74) is 13.0. The maximum atomic E-state index is 12.3. The number of carbonyl (C=O) groups is 1. The Morgan fingerprint density at radius 2 is 1.06 bits per heavy atom. The molecule has 254 valence electrons. The van der Waals surface area contributed by atoms with Gasteiger partial charge >= 0.3 is 0 Å². The van der Waals surface area contributed by atoms with E-state index in [4.69, 9.17) is 9.97 Å². The van der Waals surface area contributed by atoms with Crippen molar-refractivity contribution in [1.29, 1.82) is 0 Å². The van der Waals surface area contributed by atoms with Crippen LogP contribution in [0.3, 0.4) is 0 Å². The first-order chi connectivity index (χ1) is 23.1. The minimum Gasteiger partial charge on any atom is -0.315 e. The molecule has 2 heterocycles. The van der Waals surface area contributed by atoms with Gasteiger partial charge in [-0.2, -0.15) is 0 Å². The number of anilines is 1. The third-order valence-corrected chi connectivity index (χ3v) is 9.31. The SMILES string of the molecule is CCCCN(C=O)c1cc(-c2ccc(-c3cccc(C(C)(C)C)c3)nc2)cc(-c2ccc(-c3cc(C(C)(C)C)cc(C(C)(C)C)c3)nc2)c1. The van der Waals surface area contributed by atoms with Crippen LogP contribution in [0.4, 0.5) is 5.69 Å². The topological polar surface area (TPSA) is 46.1 Å². The zero-order valence-electron chi connectivity index (χ0n) is 31.2. The van der Waals surface area contributed by atoms with Crippen LogP contribution in [-0.2, 0) is 21.0 Å². The zero-order chi connectivity index (χ0) is 35.6. The highest BCUT2D eigenvalue weighted by Crippen LogP contribution is 2.36. The molecule has 0 atom stereocenters. The van der Waals surface area contributed by atoms with E-state index in [1.807, 2.05) is 17.3 Å². The number of hydrogen-bond acceptors (Lipinski definition) is 3. The fourth-order valence-corrected chi connectivity index (χ4v) is 5.94. The van der Waals surface area contributed by atoms with Crippen molar-refractivity contribution in [2.45, 2.75) is 98.3 Å². The van der Waals surface area contributed by atoms with Gasteiger partial charge in [0.25, 0.3) is 0 Å². The van der Waals surface area contributed by atoms with Crippen LogP contribution in [0.1, 0.15) is 98.8 Å². The monoisotopic (exact) mass is 651 g/mol. The first-order valence-corrected chi connectivity index (χ1v) is 17.6. The lowest BCUT2D eigenvalue weighted by molar-refractivity contribution is -0.107. The van der Waals surface area contributed by atoms with Gasteiger partial charge in [-0.3, -0.25) is 14.8 Å².